The average molecular weight is 268 g/mol. The first kappa shape index (κ1) is 13.4. The number of aliphatic hydroxyl groups is 1. The zero-order valence-electron chi connectivity index (χ0n) is 10.7. The largest absolute Gasteiger partial charge is 0.396 e. The first-order valence-electron chi connectivity index (χ1n) is 6.37. The number of urea groups is 1. The fourth-order valence-corrected chi connectivity index (χ4v) is 3.20. The molecule has 2 amide bonds. The Morgan fingerprint density at radius 1 is 1.67 bits per heavy atom. The lowest BCUT2D eigenvalue weighted by atomic mass is 9.93. The molecule has 1 aliphatic heterocycles. The van der Waals surface area contributed by atoms with Crippen molar-refractivity contribution in [1.29, 1.82) is 0 Å². The van der Waals surface area contributed by atoms with Crippen LogP contribution in [-0.2, 0) is 0 Å². The molecule has 0 aliphatic carbocycles. The summed E-state index contributed by atoms with van der Waals surface area (Å²) in [6.07, 6.45) is 3.67. The first-order chi connectivity index (χ1) is 8.65. The van der Waals surface area contributed by atoms with Crippen LogP contribution in [-0.4, -0.2) is 34.7 Å². The topological polar surface area (TPSA) is 52.6 Å². The van der Waals surface area contributed by atoms with E-state index in [1.165, 1.54) is 0 Å². The van der Waals surface area contributed by atoms with Gasteiger partial charge in [0.05, 0.1) is 5.69 Å². The Morgan fingerprint density at radius 3 is 3.17 bits per heavy atom. The molecule has 0 spiro atoms. The maximum atomic E-state index is 12.2. The summed E-state index contributed by atoms with van der Waals surface area (Å²) in [7, 11) is 0. The van der Waals surface area contributed by atoms with E-state index in [1.54, 1.807) is 11.3 Å². The van der Waals surface area contributed by atoms with Crippen molar-refractivity contribution in [3.63, 3.8) is 0 Å². The summed E-state index contributed by atoms with van der Waals surface area (Å²) >= 11 is 1.57. The van der Waals surface area contributed by atoms with Gasteiger partial charge in [0.2, 0.25) is 0 Å². The summed E-state index contributed by atoms with van der Waals surface area (Å²) in [5.41, 5.74) is 0.754. The van der Waals surface area contributed by atoms with Crippen molar-refractivity contribution in [2.45, 2.75) is 38.1 Å². The molecule has 1 aromatic rings. The minimum atomic E-state index is -0.108. The standard InChI is InChI=1S/C13H20N2O2S/c1-13(6-3-8-16)5-2-7-15(13)12(17)14-11-4-9-18-10-11/h4,9-10,16H,2-3,5-8H2,1H3,(H,14,17). The second-order valence-electron chi connectivity index (χ2n) is 5.02. The molecule has 1 saturated heterocycles. The fraction of sp³-hybridized carbons (Fsp3) is 0.615. The summed E-state index contributed by atoms with van der Waals surface area (Å²) in [5.74, 6) is 0. The lowest BCUT2D eigenvalue weighted by molar-refractivity contribution is 0.151. The van der Waals surface area contributed by atoms with Gasteiger partial charge in [-0.3, -0.25) is 0 Å². The predicted molar refractivity (Wildman–Crippen MR) is 74.0 cm³/mol. The van der Waals surface area contributed by atoms with Crippen LogP contribution in [0.1, 0.15) is 32.6 Å². The van der Waals surface area contributed by atoms with Crippen LogP contribution in [0.5, 0.6) is 0 Å². The van der Waals surface area contributed by atoms with Gasteiger partial charge in [-0.1, -0.05) is 0 Å². The van der Waals surface area contributed by atoms with Crippen molar-refractivity contribution in [1.82, 2.24) is 4.90 Å². The Balaban J connectivity index is 1.99. The highest BCUT2D eigenvalue weighted by atomic mass is 32.1. The second-order valence-corrected chi connectivity index (χ2v) is 5.80. The average Bonchev–Trinajstić information content (AvgIpc) is 2.96. The highest BCUT2D eigenvalue weighted by Gasteiger charge is 2.38. The van der Waals surface area contributed by atoms with E-state index in [9.17, 15) is 4.79 Å². The minimum absolute atomic E-state index is 0.0219. The van der Waals surface area contributed by atoms with Crippen LogP contribution in [0.3, 0.4) is 0 Å². The molecule has 2 heterocycles. The highest BCUT2D eigenvalue weighted by Crippen LogP contribution is 2.33. The molecule has 4 nitrogen and oxygen atoms in total. The molecule has 0 saturated carbocycles. The zero-order valence-corrected chi connectivity index (χ0v) is 11.5. The lowest BCUT2D eigenvalue weighted by Gasteiger charge is -2.35. The van der Waals surface area contributed by atoms with Crippen LogP contribution in [0, 0.1) is 0 Å². The number of nitrogens with one attached hydrogen (secondary N) is 1. The Kier molecular flexibility index (Phi) is 4.24. The van der Waals surface area contributed by atoms with Crippen LogP contribution in [0.25, 0.3) is 0 Å². The third-order valence-corrected chi connectivity index (χ3v) is 4.32. The molecule has 1 aromatic heterocycles. The number of hydrogen-bond donors (Lipinski definition) is 2. The van der Waals surface area contributed by atoms with Gasteiger partial charge in [0.15, 0.2) is 0 Å². The summed E-state index contributed by atoms with van der Waals surface area (Å²) in [5, 5.41) is 15.8. The molecule has 0 aromatic carbocycles. The van der Waals surface area contributed by atoms with E-state index in [1.807, 2.05) is 21.7 Å². The third kappa shape index (κ3) is 2.84. The van der Waals surface area contributed by atoms with Crippen LogP contribution in [0.2, 0.25) is 0 Å². The molecular formula is C13H20N2O2S. The van der Waals surface area contributed by atoms with Crippen molar-refractivity contribution >= 4 is 23.1 Å². The third-order valence-electron chi connectivity index (χ3n) is 3.64. The molecule has 0 bridgehead atoms. The van der Waals surface area contributed by atoms with Crippen molar-refractivity contribution in [2.24, 2.45) is 0 Å². The van der Waals surface area contributed by atoms with Crippen LogP contribution < -0.4 is 5.32 Å². The van der Waals surface area contributed by atoms with Gasteiger partial charge in [-0.2, -0.15) is 11.3 Å². The number of hydrogen-bond acceptors (Lipinski definition) is 3. The van der Waals surface area contributed by atoms with Gasteiger partial charge in [0.25, 0.3) is 0 Å². The van der Waals surface area contributed by atoms with Gasteiger partial charge in [-0.15, -0.1) is 0 Å². The van der Waals surface area contributed by atoms with E-state index < -0.39 is 0 Å². The summed E-state index contributed by atoms with van der Waals surface area (Å²) < 4.78 is 0. The van der Waals surface area contributed by atoms with Crippen molar-refractivity contribution in [2.75, 3.05) is 18.5 Å². The van der Waals surface area contributed by atoms with Gasteiger partial charge in [-0.25, -0.2) is 4.79 Å². The number of amides is 2. The van der Waals surface area contributed by atoms with E-state index in [0.717, 1.165) is 37.9 Å². The highest BCUT2D eigenvalue weighted by molar-refractivity contribution is 7.08. The molecule has 1 aliphatic rings. The summed E-state index contributed by atoms with van der Waals surface area (Å²) in [6, 6.07) is 1.88. The smallest absolute Gasteiger partial charge is 0.322 e. The molecule has 2 N–H and O–H groups in total. The SMILES string of the molecule is CC1(CCCO)CCCN1C(=O)Nc1ccsc1. The second kappa shape index (κ2) is 5.71. The normalized spacial score (nSPS) is 23.3. The van der Waals surface area contributed by atoms with E-state index in [4.69, 9.17) is 5.11 Å². The first-order valence-corrected chi connectivity index (χ1v) is 7.32. The Bertz CT molecular complexity index is 394. The molecule has 2 rings (SSSR count). The van der Waals surface area contributed by atoms with Crippen molar-refractivity contribution < 1.29 is 9.90 Å². The maximum Gasteiger partial charge on any atom is 0.322 e. The van der Waals surface area contributed by atoms with E-state index in [0.29, 0.717) is 0 Å². The zero-order chi connectivity index (χ0) is 13.0. The Hall–Kier alpha value is -1.07. The monoisotopic (exact) mass is 268 g/mol. The number of nitrogens with zero attached hydrogens (tertiary/aromatic N) is 1. The van der Waals surface area contributed by atoms with Crippen molar-refractivity contribution in [3.8, 4) is 0 Å². The van der Waals surface area contributed by atoms with E-state index >= 15 is 0 Å². The van der Waals surface area contributed by atoms with Crippen LogP contribution in [0.15, 0.2) is 16.8 Å². The molecule has 100 valence electrons. The van der Waals surface area contributed by atoms with E-state index in [2.05, 4.69) is 12.2 Å². The fourth-order valence-electron chi connectivity index (χ4n) is 2.62. The van der Waals surface area contributed by atoms with E-state index in [-0.39, 0.29) is 18.2 Å². The number of thiophene rings is 1. The predicted octanol–water partition coefficient (Wildman–Crippen LogP) is 2.91. The van der Waals surface area contributed by atoms with Gasteiger partial charge >= 0.3 is 6.03 Å². The number of carbonyl (C=O) groups excluding carboxylic acids is 1. The Morgan fingerprint density at radius 2 is 2.50 bits per heavy atom. The maximum absolute atomic E-state index is 12.2. The number of anilines is 1. The number of rotatable bonds is 4. The Labute approximate surface area is 112 Å². The summed E-state index contributed by atoms with van der Waals surface area (Å²) in [4.78, 5) is 14.2. The molecular weight excluding hydrogens is 248 g/mol. The molecule has 1 unspecified atom stereocenters. The number of carbonyl (C=O) groups is 1. The van der Waals surface area contributed by atoms with Crippen molar-refractivity contribution in [3.05, 3.63) is 16.8 Å². The molecule has 5 heteroatoms. The summed E-state index contributed by atoms with van der Waals surface area (Å²) in [6.45, 7) is 3.11. The van der Waals surface area contributed by atoms with Crippen LogP contribution >= 0.6 is 11.3 Å². The van der Waals surface area contributed by atoms with Gasteiger partial charge in [0.1, 0.15) is 0 Å². The van der Waals surface area contributed by atoms with Gasteiger partial charge in [0, 0.05) is 24.1 Å². The number of likely N-dealkylation sites (tertiary alicyclic amines) is 1. The molecule has 1 atom stereocenters. The number of aliphatic hydroxyl groups excluding tert-OH is 1. The quantitative estimate of drug-likeness (QED) is 0.882. The van der Waals surface area contributed by atoms with Gasteiger partial charge < -0.3 is 15.3 Å². The van der Waals surface area contributed by atoms with Gasteiger partial charge in [-0.05, 0) is 44.1 Å². The van der Waals surface area contributed by atoms with Crippen LogP contribution in [0.4, 0.5) is 10.5 Å². The minimum Gasteiger partial charge on any atom is -0.396 e. The molecule has 1 fully saturated rings. The molecule has 18 heavy (non-hydrogen) atoms. The molecule has 0 radical (unpaired) electrons. The lowest BCUT2D eigenvalue weighted by Crippen LogP contribution is -2.47.